The summed E-state index contributed by atoms with van der Waals surface area (Å²) in [6.45, 7) is 6.71. The SMILES string of the molecule is Cc1ccc(NC(=O)NCc2ccc3c(c2)CN(C2CCC(=O)NC2=O)C3=O)cc1NC(C)C. The average Bonchev–Trinajstić information content (AvgIpc) is 3.10. The average molecular weight is 464 g/mol. The highest BCUT2D eigenvalue weighted by atomic mass is 16.2. The van der Waals surface area contributed by atoms with E-state index in [2.05, 4.69) is 35.1 Å². The van der Waals surface area contributed by atoms with Crippen molar-refractivity contribution in [2.75, 3.05) is 10.6 Å². The third-order valence-electron chi connectivity index (χ3n) is 5.98. The first-order chi connectivity index (χ1) is 16.2. The molecule has 1 atom stereocenters. The number of urea groups is 1. The minimum atomic E-state index is -0.644. The summed E-state index contributed by atoms with van der Waals surface area (Å²) in [4.78, 5) is 50.3. The van der Waals surface area contributed by atoms with Crippen LogP contribution in [0.5, 0.6) is 0 Å². The summed E-state index contributed by atoms with van der Waals surface area (Å²) in [5.74, 6) is -0.958. The fourth-order valence-corrected chi connectivity index (χ4v) is 4.26. The molecule has 9 nitrogen and oxygen atoms in total. The van der Waals surface area contributed by atoms with Crippen LogP contribution in [-0.2, 0) is 22.7 Å². The Labute approximate surface area is 198 Å². The van der Waals surface area contributed by atoms with E-state index in [1.807, 2.05) is 31.2 Å². The van der Waals surface area contributed by atoms with E-state index in [9.17, 15) is 19.2 Å². The molecule has 9 heteroatoms. The molecule has 2 aliphatic heterocycles. The number of hydrogen-bond acceptors (Lipinski definition) is 5. The fourth-order valence-electron chi connectivity index (χ4n) is 4.26. The van der Waals surface area contributed by atoms with Crippen LogP contribution in [0.4, 0.5) is 16.2 Å². The molecule has 2 heterocycles. The summed E-state index contributed by atoms with van der Waals surface area (Å²) in [5.41, 5.74) is 4.94. The van der Waals surface area contributed by atoms with Gasteiger partial charge in [-0.25, -0.2) is 4.79 Å². The normalized spacial score (nSPS) is 17.5. The van der Waals surface area contributed by atoms with Crippen LogP contribution in [-0.4, -0.2) is 40.7 Å². The Morgan fingerprint density at radius 1 is 1.15 bits per heavy atom. The van der Waals surface area contributed by atoms with Crippen LogP contribution in [0.25, 0.3) is 0 Å². The van der Waals surface area contributed by atoms with Gasteiger partial charge in [0.15, 0.2) is 0 Å². The minimum Gasteiger partial charge on any atom is -0.383 e. The monoisotopic (exact) mass is 463 g/mol. The summed E-state index contributed by atoms with van der Waals surface area (Å²) >= 11 is 0. The molecule has 0 spiro atoms. The van der Waals surface area contributed by atoms with Gasteiger partial charge in [0.1, 0.15) is 6.04 Å². The number of imide groups is 1. The molecule has 0 saturated carbocycles. The summed E-state index contributed by atoms with van der Waals surface area (Å²) < 4.78 is 0. The van der Waals surface area contributed by atoms with E-state index < -0.39 is 11.9 Å². The van der Waals surface area contributed by atoms with E-state index >= 15 is 0 Å². The number of hydrogen-bond donors (Lipinski definition) is 4. The molecule has 2 aliphatic rings. The molecule has 0 aromatic heterocycles. The Bertz CT molecular complexity index is 1160. The molecule has 0 radical (unpaired) electrons. The molecule has 1 fully saturated rings. The number of carbonyl (C=O) groups excluding carboxylic acids is 4. The molecule has 0 aliphatic carbocycles. The Hall–Kier alpha value is -3.88. The Balaban J connectivity index is 1.36. The van der Waals surface area contributed by atoms with Gasteiger partial charge in [-0.1, -0.05) is 18.2 Å². The summed E-state index contributed by atoms with van der Waals surface area (Å²) in [5, 5.41) is 11.3. The molecule has 0 bridgehead atoms. The molecular weight excluding hydrogens is 434 g/mol. The third-order valence-corrected chi connectivity index (χ3v) is 5.98. The number of aryl methyl sites for hydroxylation is 1. The van der Waals surface area contributed by atoms with Crippen molar-refractivity contribution in [2.45, 2.75) is 58.8 Å². The molecule has 5 amide bonds. The quantitative estimate of drug-likeness (QED) is 0.491. The standard InChI is InChI=1S/C25H29N5O4/c1-14(2)27-20-11-18(6-4-15(20)3)28-25(34)26-12-16-5-7-19-17(10-16)13-30(24(19)33)21-8-9-22(31)29-23(21)32/h4-7,10-11,14,21,27H,8-9,12-13H2,1-3H3,(H2,26,28,34)(H,29,31,32). The maximum absolute atomic E-state index is 12.8. The van der Waals surface area contributed by atoms with E-state index in [1.54, 1.807) is 12.1 Å². The summed E-state index contributed by atoms with van der Waals surface area (Å²) in [6.07, 6.45) is 0.545. The van der Waals surface area contributed by atoms with Crippen molar-refractivity contribution in [2.24, 2.45) is 0 Å². The molecule has 2 aromatic carbocycles. The van der Waals surface area contributed by atoms with Crippen molar-refractivity contribution in [3.8, 4) is 0 Å². The van der Waals surface area contributed by atoms with E-state index in [1.165, 1.54) is 4.90 Å². The van der Waals surface area contributed by atoms with Crippen molar-refractivity contribution in [1.29, 1.82) is 0 Å². The van der Waals surface area contributed by atoms with Crippen LogP contribution >= 0.6 is 0 Å². The van der Waals surface area contributed by atoms with Gasteiger partial charge in [0.25, 0.3) is 5.91 Å². The molecule has 1 unspecified atom stereocenters. The topological polar surface area (TPSA) is 120 Å². The lowest BCUT2D eigenvalue weighted by Crippen LogP contribution is -2.52. The van der Waals surface area contributed by atoms with Crippen molar-refractivity contribution < 1.29 is 19.2 Å². The number of rotatable bonds is 6. The maximum Gasteiger partial charge on any atom is 0.319 e. The number of benzene rings is 2. The van der Waals surface area contributed by atoms with Gasteiger partial charge in [0.2, 0.25) is 11.8 Å². The van der Waals surface area contributed by atoms with Crippen LogP contribution < -0.4 is 21.3 Å². The van der Waals surface area contributed by atoms with Gasteiger partial charge >= 0.3 is 6.03 Å². The molecule has 34 heavy (non-hydrogen) atoms. The molecule has 1 saturated heterocycles. The Morgan fingerprint density at radius 3 is 2.68 bits per heavy atom. The number of anilines is 2. The lowest BCUT2D eigenvalue weighted by Gasteiger charge is -2.29. The van der Waals surface area contributed by atoms with Crippen molar-refractivity contribution in [1.82, 2.24) is 15.5 Å². The van der Waals surface area contributed by atoms with Crippen LogP contribution in [0.15, 0.2) is 36.4 Å². The first-order valence-corrected chi connectivity index (χ1v) is 11.4. The molecule has 2 aromatic rings. The predicted octanol–water partition coefficient (Wildman–Crippen LogP) is 2.90. The van der Waals surface area contributed by atoms with Gasteiger partial charge in [-0.3, -0.25) is 19.7 Å². The third kappa shape index (κ3) is 5.03. The number of nitrogens with one attached hydrogen (secondary N) is 4. The number of piperidine rings is 1. The second-order valence-electron chi connectivity index (χ2n) is 9.03. The minimum absolute atomic E-state index is 0.216. The van der Waals surface area contributed by atoms with Gasteiger partial charge in [-0.05, 0) is 62.1 Å². The number of fused-ring (bicyclic) bond motifs is 1. The lowest BCUT2D eigenvalue weighted by atomic mass is 10.0. The van der Waals surface area contributed by atoms with Gasteiger partial charge in [-0.2, -0.15) is 0 Å². The first-order valence-electron chi connectivity index (χ1n) is 11.4. The second-order valence-corrected chi connectivity index (χ2v) is 9.03. The number of nitrogens with zero attached hydrogens (tertiary/aromatic N) is 1. The predicted molar refractivity (Wildman–Crippen MR) is 128 cm³/mol. The van der Waals surface area contributed by atoms with E-state index in [0.29, 0.717) is 24.2 Å². The van der Waals surface area contributed by atoms with Crippen LogP contribution in [0.3, 0.4) is 0 Å². The molecule has 4 N–H and O–H groups in total. The van der Waals surface area contributed by atoms with E-state index in [-0.39, 0.29) is 36.9 Å². The summed E-state index contributed by atoms with van der Waals surface area (Å²) in [6, 6.07) is 10.4. The zero-order valence-electron chi connectivity index (χ0n) is 19.5. The smallest absolute Gasteiger partial charge is 0.319 e. The van der Waals surface area contributed by atoms with Crippen molar-refractivity contribution >= 4 is 35.1 Å². The van der Waals surface area contributed by atoms with Crippen molar-refractivity contribution in [3.63, 3.8) is 0 Å². The van der Waals surface area contributed by atoms with Crippen LogP contribution in [0.2, 0.25) is 0 Å². The van der Waals surface area contributed by atoms with Crippen LogP contribution in [0, 0.1) is 6.92 Å². The van der Waals surface area contributed by atoms with Gasteiger partial charge in [0.05, 0.1) is 0 Å². The lowest BCUT2D eigenvalue weighted by molar-refractivity contribution is -0.136. The first kappa shape index (κ1) is 23.3. The maximum atomic E-state index is 12.8. The number of carbonyl (C=O) groups is 4. The van der Waals surface area contributed by atoms with Gasteiger partial charge in [-0.15, -0.1) is 0 Å². The highest BCUT2D eigenvalue weighted by Gasteiger charge is 2.39. The van der Waals surface area contributed by atoms with Crippen molar-refractivity contribution in [3.05, 3.63) is 58.7 Å². The highest BCUT2D eigenvalue weighted by molar-refractivity contribution is 6.05. The Morgan fingerprint density at radius 2 is 1.94 bits per heavy atom. The molecule has 4 rings (SSSR count). The Kier molecular flexibility index (Phi) is 6.54. The number of amides is 5. The fraction of sp³-hybridized carbons (Fsp3) is 0.360. The molecular formula is C25H29N5O4. The zero-order valence-corrected chi connectivity index (χ0v) is 19.5. The second kappa shape index (κ2) is 9.54. The van der Waals surface area contributed by atoms with E-state index in [0.717, 1.165) is 22.4 Å². The summed E-state index contributed by atoms with van der Waals surface area (Å²) in [7, 11) is 0. The molecule has 178 valence electrons. The van der Waals surface area contributed by atoms with Gasteiger partial charge in [0, 0.05) is 42.5 Å². The zero-order chi connectivity index (χ0) is 24.4. The highest BCUT2D eigenvalue weighted by Crippen LogP contribution is 2.28. The van der Waals surface area contributed by atoms with Gasteiger partial charge < -0.3 is 20.9 Å². The largest absolute Gasteiger partial charge is 0.383 e. The van der Waals surface area contributed by atoms with E-state index in [4.69, 9.17) is 0 Å². The van der Waals surface area contributed by atoms with Crippen LogP contribution in [0.1, 0.15) is 53.7 Å².